The average molecular weight is 342 g/mol. The van der Waals surface area contributed by atoms with Crippen LogP contribution in [0, 0.1) is 6.92 Å². The lowest BCUT2D eigenvalue weighted by molar-refractivity contribution is -0.115. The highest BCUT2D eigenvalue weighted by Crippen LogP contribution is 2.25. The van der Waals surface area contributed by atoms with E-state index in [4.69, 9.17) is 4.74 Å². The first kappa shape index (κ1) is 18.8. The number of aryl methyl sites for hydroxylation is 1. The number of rotatable bonds is 8. The average Bonchev–Trinajstić information content (AvgIpc) is 2.62. The third-order valence-electron chi connectivity index (χ3n) is 3.99. The third kappa shape index (κ3) is 5.50. The molecule has 0 aliphatic rings. The Hall–Kier alpha value is -2.53. The number of para-hydroxylation sites is 1. The normalized spacial score (nSPS) is 11.7. The number of methoxy groups -OCH3 is 1. The van der Waals surface area contributed by atoms with Crippen molar-refractivity contribution in [2.45, 2.75) is 26.4 Å². The molecule has 2 aromatic rings. The third-order valence-corrected chi connectivity index (χ3v) is 3.99. The quantitative estimate of drug-likeness (QED) is 0.773. The van der Waals surface area contributed by atoms with E-state index >= 15 is 0 Å². The second-order valence-electron chi connectivity index (χ2n) is 6.03. The summed E-state index contributed by atoms with van der Waals surface area (Å²) in [5.41, 5.74) is 2.59. The van der Waals surface area contributed by atoms with Crippen molar-refractivity contribution in [1.29, 1.82) is 0 Å². The second kappa shape index (κ2) is 9.08. The Morgan fingerprint density at radius 1 is 1.24 bits per heavy atom. The summed E-state index contributed by atoms with van der Waals surface area (Å²) in [7, 11) is 1.58. The molecule has 1 amide bonds. The Morgan fingerprint density at radius 2 is 1.96 bits per heavy atom. The number of amides is 1. The molecule has 0 aliphatic carbocycles. The Morgan fingerprint density at radius 3 is 2.60 bits per heavy atom. The number of aliphatic hydroxyl groups is 1. The topological polar surface area (TPSA) is 61.8 Å². The molecule has 134 valence electrons. The summed E-state index contributed by atoms with van der Waals surface area (Å²) in [6, 6.07) is 15.3. The van der Waals surface area contributed by atoms with Gasteiger partial charge in [-0.25, -0.2) is 0 Å². The van der Waals surface area contributed by atoms with Crippen LogP contribution in [-0.2, 0) is 4.79 Å². The van der Waals surface area contributed by atoms with Crippen LogP contribution in [-0.4, -0.2) is 37.3 Å². The maximum Gasteiger partial charge on any atom is 0.243 e. The fourth-order valence-corrected chi connectivity index (χ4v) is 2.57. The van der Waals surface area contributed by atoms with E-state index in [0.717, 1.165) is 11.3 Å². The number of ether oxygens (including phenoxy) is 1. The van der Waals surface area contributed by atoms with Crippen molar-refractivity contribution >= 4 is 17.3 Å². The van der Waals surface area contributed by atoms with Crippen LogP contribution in [0.2, 0.25) is 0 Å². The van der Waals surface area contributed by atoms with Crippen LogP contribution in [0.5, 0.6) is 5.75 Å². The molecule has 0 heterocycles. The number of nitrogens with zero attached hydrogens (tertiary/aromatic N) is 1. The molecular weight excluding hydrogens is 316 g/mol. The van der Waals surface area contributed by atoms with Crippen molar-refractivity contribution in [1.82, 2.24) is 0 Å². The molecule has 0 bridgehead atoms. The molecular formula is C20H26N2O3. The number of hydrogen-bond acceptors (Lipinski definition) is 4. The molecule has 0 aliphatic heterocycles. The van der Waals surface area contributed by atoms with E-state index < -0.39 is 6.10 Å². The first-order chi connectivity index (χ1) is 12.0. The van der Waals surface area contributed by atoms with Crippen LogP contribution in [0.15, 0.2) is 48.5 Å². The maximum absolute atomic E-state index is 12.6. The Labute approximate surface area is 149 Å². The molecule has 2 rings (SSSR count). The molecule has 0 aromatic heterocycles. The number of carbonyl (C=O) groups is 1. The van der Waals surface area contributed by atoms with Gasteiger partial charge in [-0.15, -0.1) is 0 Å². The van der Waals surface area contributed by atoms with Gasteiger partial charge in [0.15, 0.2) is 0 Å². The van der Waals surface area contributed by atoms with Crippen LogP contribution in [0.25, 0.3) is 0 Å². The summed E-state index contributed by atoms with van der Waals surface area (Å²) in [6.07, 6.45) is 0.151. The second-order valence-corrected chi connectivity index (χ2v) is 6.03. The lowest BCUT2D eigenvalue weighted by Crippen LogP contribution is -2.38. The molecule has 0 radical (unpaired) electrons. The van der Waals surface area contributed by atoms with E-state index in [1.807, 2.05) is 67.3 Å². The molecule has 5 nitrogen and oxygen atoms in total. The molecule has 0 fully saturated rings. The summed E-state index contributed by atoms with van der Waals surface area (Å²) in [4.78, 5) is 14.4. The number of carbonyl (C=O) groups excluding carboxylic acids is 1. The van der Waals surface area contributed by atoms with Gasteiger partial charge in [0.05, 0.1) is 25.4 Å². The van der Waals surface area contributed by atoms with Gasteiger partial charge < -0.3 is 20.1 Å². The van der Waals surface area contributed by atoms with Crippen LogP contribution in [0.1, 0.15) is 18.9 Å². The summed E-state index contributed by atoms with van der Waals surface area (Å²) in [6.45, 7) is 4.44. The molecule has 1 unspecified atom stereocenters. The van der Waals surface area contributed by atoms with Gasteiger partial charge in [-0.05, 0) is 43.2 Å². The van der Waals surface area contributed by atoms with Gasteiger partial charge in [-0.1, -0.05) is 31.2 Å². The van der Waals surface area contributed by atoms with Crippen molar-refractivity contribution < 1.29 is 14.6 Å². The molecule has 0 saturated heterocycles. The lowest BCUT2D eigenvalue weighted by atomic mass is 10.2. The first-order valence-corrected chi connectivity index (χ1v) is 8.46. The predicted molar refractivity (Wildman–Crippen MR) is 101 cm³/mol. The van der Waals surface area contributed by atoms with E-state index in [2.05, 4.69) is 5.32 Å². The summed E-state index contributed by atoms with van der Waals surface area (Å²) in [5, 5.41) is 12.9. The maximum atomic E-state index is 12.6. The minimum Gasteiger partial charge on any atom is -0.495 e. The highest BCUT2D eigenvalue weighted by atomic mass is 16.5. The molecule has 2 N–H and O–H groups in total. The van der Waals surface area contributed by atoms with E-state index in [1.54, 1.807) is 7.11 Å². The number of hydrogen-bond donors (Lipinski definition) is 2. The molecule has 0 saturated carbocycles. The number of anilines is 2. The molecule has 5 heteroatoms. The molecule has 0 spiro atoms. The zero-order valence-corrected chi connectivity index (χ0v) is 15.0. The minimum absolute atomic E-state index is 0.151. The van der Waals surface area contributed by atoms with Gasteiger partial charge in [0.2, 0.25) is 5.91 Å². The van der Waals surface area contributed by atoms with Gasteiger partial charge in [-0.3, -0.25) is 4.79 Å². The number of benzene rings is 2. The summed E-state index contributed by atoms with van der Waals surface area (Å²) >= 11 is 0. The Bertz CT molecular complexity index is 689. The van der Waals surface area contributed by atoms with Crippen molar-refractivity contribution in [3.05, 3.63) is 54.1 Å². The standard InChI is InChI=1S/C20H26N2O3/c1-4-17(23)13-22(16-8-6-5-7-9-16)14-20(24)21-18-12-15(2)10-11-19(18)25-3/h5-12,17,23H,4,13-14H2,1-3H3,(H,21,24). The highest BCUT2D eigenvalue weighted by Gasteiger charge is 2.16. The van der Waals surface area contributed by atoms with Gasteiger partial charge >= 0.3 is 0 Å². The molecule has 25 heavy (non-hydrogen) atoms. The predicted octanol–water partition coefficient (Wildman–Crippen LogP) is 3.22. The van der Waals surface area contributed by atoms with Gasteiger partial charge in [0, 0.05) is 12.2 Å². The van der Waals surface area contributed by atoms with Crippen molar-refractivity contribution in [2.75, 3.05) is 30.4 Å². The number of nitrogens with one attached hydrogen (secondary N) is 1. The van der Waals surface area contributed by atoms with Crippen LogP contribution >= 0.6 is 0 Å². The van der Waals surface area contributed by atoms with E-state index in [9.17, 15) is 9.90 Å². The first-order valence-electron chi connectivity index (χ1n) is 8.46. The lowest BCUT2D eigenvalue weighted by Gasteiger charge is -2.26. The van der Waals surface area contributed by atoms with Crippen molar-refractivity contribution in [3.8, 4) is 5.75 Å². The minimum atomic E-state index is -0.485. The van der Waals surface area contributed by atoms with Gasteiger partial charge in [-0.2, -0.15) is 0 Å². The van der Waals surface area contributed by atoms with E-state index in [-0.39, 0.29) is 12.5 Å². The van der Waals surface area contributed by atoms with Crippen molar-refractivity contribution in [2.24, 2.45) is 0 Å². The largest absolute Gasteiger partial charge is 0.495 e. The summed E-state index contributed by atoms with van der Waals surface area (Å²) in [5.74, 6) is 0.467. The fourth-order valence-electron chi connectivity index (χ4n) is 2.57. The van der Waals surface area contributed by atoms with E-state index in [1.165, 1.54) is 0 Å². The molecule has 2 aromatic carbocycles. The SMILES string of the molecule is CCC(O)CN(CC(=O)Nc1cc(C)ccc1OC)c1ccccc1. The Balaban J connectivity index is 2.13. The zero-order valence-electron chi connectivity index (χ0n) is 15.0. The Kier molecular flexibility index (Phi) is 6.83. The van der Waals surface area contributed by atoms with Gasteiger partial charge in [0.1, 0.15) is 5.75 Å². The van der Waals surface area contributed by atoms with Gasteiger partial charge in [0.25, 0.3) is 0 Å². The van der Waals surface area contributed by atoms with Crippen molar-refractivity contribution in [3.63, 3.8) is 0 Å². The molecule has 1 atom stereocenters. The van der Waals surface area contributed by atoms with Crippen LogP contribution < -0.4 is 15.0 Å². The zero-order chi connectivity index (χ0) is 18.2. The number of aliphatic hydroxyl groups excluding tert-OH is 1. The van der Waals surface area contributed by atoms with E-state index in [0.29, 0.717) is 24.4 Å². The highest BCUT2D eigenvalue weighted by molar-refractivity contribution is 5.95. The van der Waals surface area contributed by atoms with Crippen LogP contribution in [0.3, 0.4) is 0 Å². The smallest absolute Gasteiger partial charge is 0.243 e. The monoisotopic (exact) mass is 342 g/mol. The van der Waals surface area contributed by atoms with Crippen LogP contribution in [0.4, 0.5) is 11.4 Å². The summed E-state index contributed by atoms with van der Waals surface area (Å²) < 4.78 is 5.30. The fraction of sp³-hybridized carbons (Fsp3) is 0.350.